The van der Waals surface area contributed by atoms with Crippen molar-refractivity contribution >= 4 is 11.0 Å². The summed E-state index contributed by atoms with van der Waals surface area (Å²) < 4.78 is 5.50. The van der Waals surface area contributed by atoms with Crippen molar-refractivity contribution < 1.29 is 14.6 Å². The van der Waals surface area contributed by atoms with Crippen LogP contribution in [0.1, 0.15) is 18.2 Å². The standard InChI is InChI=1S/C13H14O4/c1-7-3-9(15)5-12-13(7)11(16)6-10(17-12)4-8(2)14/h3,5-6,8,14-15H,4H2,1-2H3. The summed E-state index contributed by atoms with van der Waals surface area (Å²) in [5.74, 6) is 0.481. The Balaban J connectivity index is 2.69. The van der Waals surface area contributed by atoms with E-state index in [4.69, 9.17) is 4.42 Å². The van der Waals surface area contributed by atoms with Crippen LogP contribution in [0.25, 0.3) is 11.0 Å². The average Bonchev–Trinajstić information content (AvgIpc) is 2.13. The highest BCUT2D eigenvalue weighted by Gasteiger charge is 2.10. The Morgan fingerprint density at radius 2 is 2.06 bits per heavy atom. The minimum atomic E-state index is -0.575. The molecule has 0 saturated carbocycles. The molecule has 1 atom stereocenters. The number of aliphatic hydroxyl groups excluding tert-OH is 1. The van der Waals surface area contributed by atoms with Crippen LogP contribution in [0.5, 0.6) is 5.75 Å². The zero-order valence-electron chi connectivity index (χ0n) is 9.73. The van der Waals surface area contributed by atoms with Gasteiger partial charge in [-0.1, -0.05) is 0 Å². The normalized spacial score (nSPS) is 12.9. The van der Waals surface area contributed by atoms with Gasteiger partial charge in [-0.3, -0.25) is 4.79 Å². The minimum absolute atomic E-state index is 0.0624. The Labute approximate surface area is 98.1 Å². The van der Waals surface area contributed by atoms with Crippen molar-refractivity contribution in [2.75, 3.05) is 0 Å². The van der Waals surface area contributed by atoms with Crippen molar-refractivity contribution in [2.45, 2.75) is 26.4 Å². The maximum absolute atomic E-state index is 11.9. The van der Waals surface area contributed by atoms with E-state index in [1.807, 2.05) is 0 Å². The average molecular weight is 234 g/mol. The van der Waals surface area contributed by atoms with Gasteiger partial charge in [0.25, 0.3) is 0 Å². The molecule has 0 bridgehead atoms. The molecule has 1 aromatic heterocycles. The van der Waals surface area contributed by atoms with Gasteiger partial charge >= 0.3 is 0 Å². The van der Waals surface area contributed by atoms with E-state index in [1.54, 1.807) is 13.8 Å². The Bertz CT molecular complexity index is 611. The molecule has 1 aromatic carbocycles. The Hall–Kier alpha value is -1.81. The maximum Gasteiger partial charge on any atom is 0.193 e. The number of aliphatic hydroxyl groups is 1. The predicted octanol–water partition coefficient (Wildman–Crippen LogP) is 1.73. The predicted molar refractivity (Wildman–Crippen MR) is 64.3 cm³/mol. The number of fused-ring (bicyclic) bond motifs is 1. The molecule has 2 aromatic rings. The molecule has 1 heterocycles. The van der Waals surface area contributed by atoms with Crippen LogP contribution in [0, 0.1) is 6.92 Å². The first-order valence-electron chi connectivity index (χ1n) is 5.42. The molecule has 0 radical (unpaired) electrons. The lowest BCUT2D eigenvalue weighted by Crippen LogP contribution is -2.09. The molecule has 0 aliphatic carbocycles. The van der Waals surface area contributed by atoms with E-state index < -0.39 is 6.10 Å². The maximum atomic E-state index is 11.9. The third-order valence-electron chi connectivity index (χ3n) is 2.56. The Morgan fingerprint density at radius 3 is 2.71 bits per heavy atom. The van der Waals surface area contributed by atoms with Crippen LogP contribution in [0.4, 0.5) is 0 Å². The summed E-state index contributed by atoms with van der Waals surface area (Å²) >= 11 is 0. The first-order valence-corrected chi connectivity index (χ1v) is 5.42. The molecule has 0 amide bonds. The topological polar surface area (TPSA) is 70.7 Å². The van der Waals surface area contributed by atoms with Gasteiger partial charge in [-0.15, -0.1) is 0 Å². The van der Waals surface area contributed by atoms with Gasteiger partial charge in [-0.25, -0.2) is 0 Å². The molecule has 90 valence electrons. The largest absolute Gasteiger partial charge is 0.508 e. The van der Waals surface area contributed by atoms with Gasteiger partial charge in [0, 0.05) is 18.6 Å². The van der Waals surface area contributed by atoms with Crippen LogP contribution in [-0.4, -0.2) is 16.3 Å². The number of rotatable bonds is 2. The van der Waals surface area contributed by atoms with Gasteiger partial charge in [0.2, 0.25) is 0 Å². The van der Waals surface area contributed by atoms with Gasteiger partial charge in [-0.05, 0) is 25.5 Å². The third kappa shape index (κ3) is 2.31. The number of aromatic hydroxyl groups is 1. The lowest BCUT2D eigenvalue weighted by molar-refractivity contribution is 0.187. The van der Waals surface area contributed by atoms with E-state index in [9.17, 15) is 15.0 Å². The van der Waals surface area contributed by atoms with Crippen LogP contribution in [0.15, 0.2) is 27.4 Å². The zero-order valence-corrected chi connectivity index (χ0v) is 9.73. The third-order valence-corrected chi connectivity index (χ3v) is 2.56. The summed E-state index contributed by atoms with van der Waals surface area (Å²) in [6.07, 6.45) is -0.297. The number of hydrogen-bond donors (Lipinski definition) is 2. The van der Waals surface area contributed by atoms with Crippen LogP contribution < -0.4 is 5.43 Å². The molecule has 0 saturated heterocycles. The summed E-state index contributed by atoms with van der Waals surface area (Å²) in [7, 11) is 0. The fourth-order valence-electron chi connectivity index (χ4n) is 1.91. The van der Waals surface area contributed by atoms with E-state index in [2.05, 4.69) is 0 Å². The van der Waals surface area contributed by atoms with Gasteiger partial charge in [-0.2, -0.15) is 0 Å². The molecule has 17 heavy (non-hydrogen) atoms. The lowest BCUT2D eigenvalue weighted by atomic mass is 10.1. The molecular formula is C13H14O4. The van der Waals surface area contributed by atoms with E-state index >= 15 is 0 Å². The van der Waals surface area contributed by atoms with Crippen molar-refractivity contribution in [1.29, 1.82) is 0 Å². The molecule has 1 unspecified atom stereocenters. The fourth-order valence-corrected chi connectivity index (χ4v) is 1.91. The second-order valence-electron chi connectivity index (χ2n) is 4.27. The molecule has 2 N–H and O–H groups in total. The van der Waals surface area contributed by atoms with E-state index in [1.165, 1.54) is 18.2 Å². The lowest BCUT2D eigenvalue weighted by Gasteiger charge is -2.06. The first kappa shape index (κ1) is 11.7. The van der Waals surface area contributed by atoms with Crippen molar-refractivity contribution in [3.63, 3.8) is 0 Å². The quantitative estimate of drug-likeness (QED) is 0.830. The van der Waals surface area contributed by atoms with Gasteiger partial charge < -0.3 is 14.6 Å². The highest BCUT2D eigenvalue weighted by molar-refractivity contribution is 5.81. The number of benzene rings is 1. The van der Waals surface area contributed by atoms with Crippen LogP contribution >= 0.6 is 0 Å². The molecule has 0 spiro atoms. The summed E-state index contributed by atoms with van der Waals surface area (Å²) in [4.78, 5) is 11.9. The number of aryl methyl sites for hydroxylation is 1. The molecule has 0 aliphatic heterocycles. The monoisotopic (exact) mass is 234 g/mol. The van der Waals surface area contributed by atoms with E-state index in [-0.39, 0.29) is 17.6 Å². The second-order valence-corrected chi connectivity index (χ2v) is 4.27. The van der Waals surface area contributed by atoms with Crippen LogP contribution in [0.3, 0.4) is 0 Å². The molecule has 4 nitrogen and oxygen atoms in total. The van der Waals surface area contributed by atoms with Gasteiger partial charge in [0.15, 0.2) is 5.43 Å². The van der Waals surface area contributed by atoms with E-state index in [0.29, 0.717) is 22.3 Å². The van der Waals surface area contributed by atoms with Crippen LogP contribution in [-0.2, 0) is 6.42 Å². The van der Waals surface area contributed by atoms with Gasteiger partial charge in [0.1, 0.15) is 17.1 Å². The Kier molecular flexibility index (Phi) is 2.90. The Morgan fingerprint density at radius 1 is 1.35 bits per heavy atom. The number of phenols is 1. The molecule has 0 aliphatic rings. The number of phenolic OH excluding ortho intramolecular Hbond substituents is 1. The summed E-state index contributed by atoms with van der Waals surface area (Å²) in [5.41, 5.74) is 0.877. The zero-order chi connectivity index (χ0) is 12.6. The molecule has 2 rings (SSSR count). The molecule has 0 fully saturated rings. The first-order chi connectivity index (χ1) is 7.97. The molecule has 4 heteroatoms. The van der Waals surface area contributed by atoms with Crippen molar-refractivity contribution in [1.82, 2.24) is 0 Å². The van der Waals surface area contributed by atoms with Crippen molar-refractivity contribution in [2.24, 2.45) is 0 Å². The van der Waals surface area contributed by atoms with E-state index in [0.717, 1.165) is 0 Å². The fraction of sp³-hybridized carbons (Fsp3) is 0.308. The highest BCUT2D eigenvalue weighted by atomic mass is 16.3. The van der Waals surface area contributed by atoms with Crippen molar-refractivity contribution in [3.8, 4) is 5.75 Å². The summed E-state index contributed by atoms with van der Waals surface area (Å²) in [5, 5.41) is 19.2. The van der Waals surface area contributed by atoms with Crippen molar-refractivity contribution in [3.05, 3.63) is 39.7 Å². The number of hydrogen-bond acceptors (Lipinski definition) is 4. The SMILES string of the molecule is Cc1cc(O)cc2oc(CC(C)O)cc(=O)c12. The van der Waals surface area contributed by atoms with Crippen LogP contribution in [0.2, 0.25) is 0 Å². The highest BCUT2D eigenvalue weighted by Crippen LogP contribution is 2.22. The summed E-state index contributed by atoms with van der Waals surface area (Å²) in [6, 6.07) is 4.32. The molecular weight excluding hydrogens is 220 g/mol. The smallest absolute Gasteiger partial charge is 0.193 e. The summed E-state index contributed by atoms with van der Waals surface area (Å²) in [6.45, 7) is 3.37. The minimum Gasteiger partial charge on any atom is -0.508 e. The van der Waals surface area contributed by atoms with Gasteiger partial charge in [0.05, 0.1) is 11.5 Å². The second kappa shape index (κ2) is 4.22.